The van der Waals surface area contributed by atoms with Crippen molar-refractivity contribution in [3.63, 3.8) is 0 Å². The molecule has 2 aromatic heterocycles. The molecule has 0 spiro atoms. The first-order chi connectivity index (χ1) is 11.8. The number of nitrogens with one attached hydrogen (secondary N) is 1. The normalized spacial score (nSPS) is 21.5. The fraction of sp³-hybridized carbons (Fsp3) is 0.500. The average Bonchev–Trinajstić information content (AvgIpc) is 3.18. The fourth-order valence-electron chi connectivity index (χ4n) is 3.87. The molecule has 2 atom stereocenters. The van der Waals surface area contributed by atoms with E-state index in [1.165, 1.54) is 12.8 Å². The lowest BCUT2D eigenvalue weighted by molar-refractivity contribution is 0.0747. The summed E-state index contributed by atoms with van der Waals surface area (Å²) in [5, 5.41) is 8.06. The number of aromatic nitrogens is 3. The van der Waals surface area contributed by atoms with E-state index in [1.807, 2.05) is 23.1 Å². The summed E-state index contributed by atoms with van der Waals surface area (Å²) < 4.78 is 1.79. The Balaban J connectivity index is 0.00000121. The van der Waals surface area contributed by atoms with Crippen molar-refractivity contribution in [1.82, 2.24) is 25.0 Å². The first kappa shape index (κ1) is 20.7. The molecule has 2 unspecified atom stereocenters. The molecule has 4 rings (SSSR count). The number of rotatable bonds is 3. The van der Waals surface area contributed by atoms with E-state index in [2.05, 4.69) is 22.3 Å². The zero-order chi connectivity index (χ0) is 16.5. The van der Waals surface area contributed by atoms with Crippen LogP contribution in [0.2, 0.25) is 0 Å². The van der Waals surface area contributed by atoms with Crippen molar-refractivity contribution in [2.24, 2.45) is 0 Å². The molecule has 2 saturated heterocycles. The summed E-state index contributed by atoms with van der Waals surface area (Å²) in [4.78, 5) is 19.4. The van der Waals surface area contributed by atoms with Crippen LogP contribution >= 0.6 is 24.8 Å². The Morgan fingerprint density at radius 2 is 2.04 bits per heavy atom. The molecule has 2 aromatic rings. The first-order valence-corrected chi connectivity index (χ1v) is 8.80. The lowest BCUT2D eigenvalue weighted by Crippen LogP contribution is -2.39. The van der Waals surface area contributed by atoms with E-state index in [0.717, 1.165) is 37.4 Å². The molecule has 4 heterocycles. The topological polar surface area (TPSA) is 63.1 Å². The van der Waals surface area contributed by atoms with Gasteiger partial charge in [0, 0.05) is 31.4 Å². The second-order valence-electron chi connectivity index (χ2n) is 6.64. The largest absolute Gasteiger partial charge is 0.337 e. The monoisotopic (exact) mass is 397 g/mol. The average molecular weight is 398 g/mol. The van der Waals surface area contributed by atoms with Crippen LogP contribution in [0.3, 0.4) is 0 Å². The zero-order valence-corrected chi connectivity index (χ0v) is 16.4. The van der Waals surface area contributed by atoms with Crippen LogP contribution in [0.15, 0.2) is 30.6 Å². The fourth-order valence-corrected chi connectivity index (χ4v) is 3.87. The molecule has 2 bridgehead atoms. The smallest absolute Gasteiger partial charge is 0.257 e. The molecule has 2 fully saturated rings. The van der Waals surface area contributed by atoms with E-state index in [9.17, 15) is 4.79 Å². The number of carbonyl (C=O) groups excluding carboxylic acids is 1. The Kier molecular flexibility index (Phi) is 7.03. The van der Waals surface area contributed by atoms with Gasteiger partial charge in [0.1, 0.15) is 0 Å². The van der Waals surface area contributed by atoms with Crippen molar-refractivity contribution >= 4 is 30.7 Å². The minimum absolute atomic E-state index is 0. The van der Waals surface area contributed by atoms with E-state index >= 15 is 0 Å². The Labute approximate surface area is 166 Å². The molecule has 0 radical (unpaired) electrons. The van der Waals surface area contributed by atoms with E-state index in [-0.39, 0.29) is 30.7 Å². The van der Waals surface area contributed by atoms with Crippen molar-refractivity contribution < 1.29 is 4.79 Å². The van der Waals surface area contributed by atoms with Crippen molar-refractivity contribution in [1.29, 1.82) is 0 Å². The maximum atomic E-state index is 13.1. The number of amides is 1. The molecular formula is C18H25Cl2N5O. The Bertz CT molecular complexity index is 736. The van der Waals surface area contributed by atoms with E-state index < -0.39 is 0 Å². The highest BCUT2D eigenvalue weighted by Gasteiger charge is 2.32. The minimum Gasteiger partial charge on any atom is -0.337 e. The highest BCUT2D eigenvalue weighted by Crippen LogP contribution is 2.23. The number of pyridine rings is 1. The van der Waals surface area contributed by atoms with Gasteiger partial charge in [0.15, 0.2) is 5.82 Å². The highest BCUT2D eigenvalue weighted by atomic mass is 35.5. The summed E-state index contributed by atoms with van der Waals surface area (Å²) >= 11 is 0. The number of fused-ring (bicyclic) bond motifs is 2. The van der Waals surface area contributed by atoms with Gasteiger partial charge in [0.05, 0.1) is 17.5 Å². The van der Waals surface area contributed by atoms with E-state index in [0.29, 0.717) is 17.6 Å². The van der Waals surface area contributed by atoms with Gasteiger partial charge in [-0.3, -0.25) is 4.79 Å². The minimum atomic E-state index is 0. The van der Waals surface area contributed by atoms with Crippen LogP contribution in [0.25, 0.3) is 5.82 Å². The molecule has 0 aliphatic carbocycles. The highest BCUT2D eigenvalue weighted by molar-refractivity contribution is 5.95. The number of halogens is 2. The number of hydrogen-bond acceptors (Lipinski definition) is 4. The second kappa shape index (κ2) is 8.84. The van der Waals surface area contributed by atoms with Crippen LogP contribution in [-0.2, 0) is 6.42 Å². The maximum absolute atomic E-state index is 13.1. The van der Waals surface area contributed by atoms with Crippen LogP contribution in [0, 0.1) is 0 Å². The molecule has 6 nitrogen and oxygen atoms in total. The first-order valence-electron chi connectivity index (χ1n) is 8.80. The van der Waals surface area contributed by atoms with Crippen LogP contribution in [0.1, 0.15) is 42.2 Å². The van der Waals surface area contributed by atoms with Crippen LogP contribution in [-0.4, -0.2) is 50.7 Å². The molecular weight excluding hydrogens is 373 g/mol. The van der Waals surface area contributed by atoms with Crippen molar-refractivity contribution in [3.05, 3.63) is 41.9 Å². The quantitative estimate of drug-likeness (QED) is 0.864. The molecule has 142 valence electrons. The lowest BCUT2D eigenvalue weighted by atomic mass is 10.1. The third kappa shape index (κ3) is 3.87. The molecule has 0 aromatic carbocycles. The zero-order valence-electron chi connectivity index (χ0n) is 14.8. The van der Waals surface area contributed by atoms with E-state index in [1.54, 1.807) is 17.1 Å². The lowest BCUT2D eigenvalue weighted by Gasteiger charge is -2.24. The van der Waals surface area contributed by atoms with Crippen molar-refractivity contribution in [2.75, 3.05) is 13.1 Å². The van der Waals surface area contributed by atoms with Gasteiger partial charge in [0.25, 0.3) is 5.91 Å². The Morgan fingerprint density at radius 1 is 1.23 bits per heavy atom. The Morgan fingerprint density at radius 3 is 2.77 bits per heavy atom. The molecule has 1 N–H and O–H groups in total. The summed E-state index contributed by atoms with van der Waals surface area (Å²) in [6, 6.07) is 6.74. The SMILES string of the molecule is CCc1c(C(=O)N2CCC3CCC(C2)N3)cnn1-c1ccccn1.Cl.Cl. The summed E-state index contributed by atoms with van der Waals surface area (Å²) in [6.45, 7) is 3.68. The Hall–Kier alpha value is -1.63. The van der Waals surface area contributed by atoms with Gasteiger partial charge in [-0.25, -0.2) is 9.67 Å². The van der Waals surface area contributed by atoms with Crippen LogP contribution < -0.4 is 5.32 Å². The molecule has 26 heavy (non-hydrogen) atoms. The van der Waals surface area contributed by atoms with Crippen LogP contribution in [0.4, 0.5) is 0 Å². The van der Waals surface area contributed by atoms with Gasteiger partial charge in [-0.15, -0.1) is 24.8 Å². The number of likely N-dealkylation sites (tertiary alicyclic amines) is 1. The third-order valence-electron chi connectivity index (χ3n) is 5.11. The number of hydrogen-bond donors (Lipinski definition) is 1. The van der Waals surface area contributed by atoms with Gasteiger partial charge >= 0.3 is 0 Å². The molecule has 8 heteroatoms. The summed E-state index contributed by atoms with van der Waals surface area (Å²) in [6.07, 6.45) is 7.64. The molecule has 0 saturated carbocycles. The molecule has 2 aliphatic heterocycles. The van der Waals surface area contributed by atoms with Gasteiger partial charge in [-0.1, -0.05) is 13.0 Å². The maximum Gasteiger partial charge on any atom is 0.257 e. The van der Waals surface area contributed by atoms with E-state index in [4.69, 9.17) is 0 Å². The summed E-state index contributed by atoms with van der Waals surface area (Å²) in [5.74, 6) is 0.855. The number of carbonyl (C=O) groups is 1. The van der Waals surface area contributed by atoms with Gasteiger partial charge in [0.2, 0.25) is 0 Å². The summed E-state index contributed by atoms with van der Waals surface area (Å²) in [5.41, 5.74) is 1.64. The standard InChI is InChI=1S/C18H23N5O.2ClH/c1-2-16-15(11-20-23(16)17-5-3-4-9-19-17)18(24)22-10-8-13-6-7-14(12-22)21-13;;/h3-5,9,11,13-14,21H,2,6-8,10,12H2,1H3;2*1H. The summed E-state index contributed by atoms with van der Waals surface area (Å²) in [7, 11) is 0. The van der Waals surface area contributed by atoms with Gasteiger partial charge in [-0.2, -0.15) is 5.10 Å². The van der Waals surface area contributed by atoms with Gasteiger partial charge < -0.3 is 10.2 Å². The van der Waals surface area contributed by atoms with Crippen molar-refractivity contribution in [3.8, 4) is 5.82 Å². The third-order valence-corrected chi connectivity index (χ3v) is 5.11. The van der Waals surface area contributed by atoms with Crippen LogP contribution in [0.5, 0.6) is 0 Å². The van der Waals surface area contributed by atoms with Crippen molar-refractivity contribution in [2.45, 2.75) is 44.7 Å². The number of nitrogens with zero attached hydrogens (tertiary/aromatic N) is 4. The molecule has 2 aliphatic rings. The van der Waals surface area contributed by atoms with Gasteiger partial charge in [-0.05, 0) is 37.8 Å². The predicted octanol–water partition coefficient (Wildman–Crippen LogP) is 2.64. The predicted molar refractivity (Wildman–Crippen MR) is 106 cm³/mol. The molecule has 1 amide bonds. The second-order valence-corrected chi connectivity index (χ2v) is 6.64.